The van der Waals surface area contributed by atoms with Crippen LogP contribution in [0.25, 0.3) is 0 Å². The van der Waals surface area contributed by atoms with Crippen LogP contribution in [0.1, 0.15) is 19.3 Å². The number of fused-ring (bicyclic) bond motifs is 1. The zero-order valence-corrected chi connectivity index (χ0v) is 15.6. The van der Waals surface area contributed by atoms with E-state index in [0.29, 0.717) is 57.2 Å². The average molecular weight is 388 g/mol. The van der Waals surface area contributed by atoms with E-state index in [9.17, 15) is 14.4 Å². The standard InChI is InChI=1S/C19H24N4O5/c20-18(25)12-3-5-22(6-4-12)19(26)21-13-9-17(24)23(11-13)14-1-2-15-16(10-14)28-8-7-27-15/h1-2,10,12-13H,3-9,11H2,(H2,20,25)(H,21,26)/t13-/m0/s1. The third-order valence-electron chi connectivity index (χ3n) is 5.47. The molecule has 4 amide bonds. The van der Waals surface area contributed by atoms with Gasteiger partial charge in [0.25, 0.3) is 0 Å². The lowest BCUT2D eigenvalue weighted by Crippen LogP contribution is -2.49. The van der Waals surface area contributed by atoms with Crippen molar-refractivity contribution < 1.29 is 23.9 Å². The maximum Gasteiger partial charge on any atom is 0.317 e. The van der Waals surface area contributed by atoms with Gasteiger partial charge >= 0.3 is 6.03 Å². The van der Waals surface area contributed by atoms with Crippen molar-refractivity contribution in [2.24, 2.45) is 11.7 Å². The predicted octanol–water partition coefficient (Wildman–Crippen LogP) is 0.470. The van der Waals surface area contributed by atoms with Crippen LogP contribution in [0.2, 0.25) is 0 Å². The van der Waals surface area contributed by atoms with Gasteiger partial charge in [0.05, 0.1) is 6.04 Å². The Hall–Kier alpha value is -2.97. The van der Waals surface area contributed by atoms with Crippen LogP contribution in [0.15, 0.2) is 18.2 Å². The third kappa shape index (κ3) is 3.69. The van der Waals surface area contributed by atoms with Gasteiger partial charge in [-0.05, 0) is 25.0 Å². The molecule has 0 bridgehead atoms. The molecule has 0 aliphatic carbocycles. The number of piperidine rings is 1. The molecule has 9 nitrogen and oxygen atoms in total. The number of urea groups is 1. The highest BCUT2D eigenvalue weighted by atomic mass is 16.6. The van der Waals surface area contributed by atoms with Crippen molar-refractivity contribution >= 4 is 23.5 Å². The Bertz CT molecular complexity index is 791. The third-order valence-corrected chi connectivity index (χ3v) is 5.47. The Morgan fingerprint density at radius 3 is 2.54 bits per heavy atom. The number of primary amides is 1. The van der Waals surface area contributed by atoms with E-state index in [1.54, 1.807) is 21.9 Å². The van der Waals surface area contributed by atoms with Gasteiger partial charge in [0, 0.05) is 43.7 Å². The molecule has 3 aliphatic heterocycles. The fraction of sp³-hybridized carbons (Fsp3) is 0.526. The summed E-state index contributed by atoms with van der Waals surface area (Å²) in [6, 6.07) is 4.95. The highest BCUT2D eigenvalue weighted by molar-refractivity contribution is 5.97. The van der Waals surface area contributed by atoms with Crippen molar-refractivity contribution in [1.29, 1.82) is 0 Å². The molecule has 1 aromatic carbocycles. The average Bonchev–Trinajstić information content (AvgIpc) is 3.07. The number of amides is 4. The second-order valence-corrected chi connectivity index (χ2v) is 7.35. The summed E-state index contributed by atoms with van der Waals surface area (Å²) in [6.45, 7) is 2.38. The minimum atomic E-state index is -0.309. The molecule has 0 saturated carbocycles. The normalized spacial score (nSPS) is 22.3. The van der Waals surface area contributed by atoms with Gasteiger partial charge < -0.3 is 30.3 Å². The van der Waals surface area contributed by atoms with Crippen LogP contribution in [0.3, 0.4) is 0 Å². The molecule has 0 unspecified atom stereocenters. The van der Waals surface area contributed by atoms with Crippen molar-refractivity contribution in [2.45, 2.75) is 25.3 Å². The molecule has 9 heteroatoms. The van der Waals surface area contributed by atoms with Crippen LogP contribution in [-0.2, 0) is 9.59 Å². The first-order valence-electron chi connectivity index (χ1n) is 9.56. The number of ether oxygens (including phenoxy) is 2. The van der Waals surface area contributed by atoms with E-state index in [1.807, 2.05) is 6.07 Å². The van der Waals surface area contributed by atoms with E-state index in [-0.39, 0.29) is 36.2 Å². The molecule has 1 aromatic rings. The molecular formula is C19H24N4O5. The van der Waals surface area contributed by atoms with Crippen LogP contribution < -0.4 is 25.4 Å². The Labute approximate surface area is 162 Å². The summed E-state index contributed by atoms with van der Waals surface area (Å²) in [7, 11) is 0. The van der Waals surface area contributed by atoms with Crippen LogP contribution in [-0.4, -0.2) is 61.6 Å². The molecule has 150 valence electrons. The SMILES string of the molecule is NC(=O)C1CCN(C(=O)N[C@H]2CC(=O)N(c3ccc4c(c3)OCCO4)C2)CC1. The molecule has 2 saturated heterocycles. The summed E-state index contributed by atoms with van der Waals surface area (Å²) < 4.78 is 11.1. The van der Waals surface area contributed by atoms with E-state index in [0.717, 1.165) is 5.69 Å². The molecule has 1 atom stereocenters. The van der Waals surface area contributed by atoms with Gasteiger partial charge in [-0.1, -0.05) is 0 Å². The van der Waals surface area contributed by atoms with Crippen molar-refractivity contribution in [3.05, 3.63) is 18.2 Å². The second-order valence-electron chi connectivity index (χ2n) is 7.35. The molecule has 3 aliphatic rings. The Balaban J connectivity index is 1.35. The Kier molecular flexibility index (Phi) is 4.97. The van der Waals surface area contributed by atoms with Gasteiger partial charge in [0.1, 0.15) is 13.2 Å². The van der Waals surface area contributed by atoms with Gasteiger partial charge in [0.15, 0.2) is 11.5 Å². The van der Waals surface area contributed by atoms with Gasteiger partial charge in [-0.15, -0.1) is 0 Å². The number of nitrogens with one attached hydrogen (secondary N) is 1. The molecule has 0 spiro atoms. The van der Waals surface area contributed by atoms with Crippen molar-refractivity contribution in [3.63, 3.8) is 0 Å². The molecule has 4 rings (SSSR count). The number of rotatable bonds is 3. The highest BCUT2D eigenvalue weighted by Crippen LogP contribution is 2.35. The lowest BCUT2D eigenvalue weighted by Gasteiger charge is -2.31. The number of nitrogens with two attached hydrogens (primary N) is 1. The number of hydrogen-bond acceptors (Lipinski definition) is 5. The summed E-state index contributed by atoms with van der Waals surface area (Å²) in [4.78, 5) is 39.6. The maximum atomic E-state index is 12.5. The first kappa shape index (κ1) is 18.4. The lowest BCUT2D eigenvalue weighted by atomic mass is 9.96. The molecule has 3 heterocycles. The molecule has 3 N–H and O–H groups in total. The smallest absolute Gasteiger partial charge is 0.317 e. The zero-order chi connectivity index (χ0) is 19.7. The molecular weight excluding hydrogens is 364 g/mol. The quantitative estimate of drug-likeness (QED) is 0.781. The van der Waals surface area contributed by atoms with E-state index >= 15 is 0 Å². The number of hydrogen-bond donors (Lipinski definition) is 2. The summed E-state index contributed by atoms with van der Waals surface area (Å²) in [6.07, 6.45) is 1.41. The summed E-state index contributed by atoms with van der Waals surface area (Å²) >= 11 is 0. The van der Waals surface area contributed by atoms with Gasteiger partial charge in [-0.3, -0.25) is 9.59 Å². The van der Waals surface area contributed by atoms with Crippen LogP contribution in [0.4, 0.5) is 10.5 Å². The second kappa shape index (κ2) is 7.57. The van der Waals surface area contributed by atoms with Gasteiger partial charge in [-0.2, -0.15) is 0 Å². The highest BCUT2D eigenvalue weighted by Gasteiger charge is 2.34. The molecule has 0 radical (unpaired) electrons. The van der Waals surface area contributed by atoms with Crippen LogP contribution in [0.5, 0.6) is 11.5 Å². The number of carbonyl (C=O) groups is 3. The number of anilines is 1. The number of likely N-dealkylation sites (tertiary alicyclic amines) is 1. The lowest BCUT2D eigenvalue weighted by molar-refractivity contribution is -0.123. The molecule has 2 fully saturated rings. The van der Waals surface area contributed by atoms with Crippen LogP contribution in [0, 0.1) is 5.92 Å². The van der Waals surface area contributed by atoms with Crippen molar-refractivity contribution in [2.75, 3.05) is 37.7 Å². The summed E-state index contributed by atoms with van der Waals surface area (Å²) in [5.41, 5.74) is 6.06. The van der Waals surface area contributed by atoms with Crippen LogP contribution >= 0.6 is 0 Å². The monoisotopic (exact) mass is 388 g/mol. The van der Waals surface area contributed by atoms with Gasteiger partial charge in [-0.25, -0.2) is 4.79 Å². The summed E-state index contributed by atoms with van der Waals surface area (Å²) in [5, 5.41) is 2.94. The number of carbonyl (C=O) groups excluding carboxylic acids is 3. The van der Waals surface area contributed by atoms with E-state index in [2.05, 4.69) is 5.32 Å². The fourth-order valence-electron chi connectivity index (χ4n) is 3.89. The Morgan fingerprint density at radius 2 is 1.82 bits per heavy atom. The largest absolute Gasteiger partial charge is 0.486 e. The van der Waals surface area contributed by atoms with Crippen molar-refractivity contribution in [1.82, 2.24) is 10.2 Å². The maximum absolute atomic E-state index is 12.5. The molecule has 0 aromatic heterocycles. The topological polar surface area (TPSA) is 114 Å². The van der Waals surface area contributed by atoms with Gasteiger partial charge in [0.2, 0.25) is 11.8 Å². The number of nitrogens with zero attached hydrogens (tertiary/aromatic N) is 2. The van der Waals surface area contributed by atoms with Crippen molar-refractivity contribution in [3.8, 4) is 11.5 Å². The minimum absolute atomic E-state index is 0.0468. The minimum Gasteiger partial charge on any atom is -0.486 e. The Morgan fingerprint density at radius 1 is 1.11 bits per heavy atom. The van der Waals surface area contributed by atoms with E-state index in [4.69, 9.17) is 15.2 Å². The van der Waals surface area contributed by atoms with E-state index < -0.39 is 0 Å². The summed E-state index contributed by atoms with van der Waals surface area (Å²) in [5.74, 6) is 0.779. The first-order valence-corrected chi connectivity index (χ1v) is 9.56. The van der Waals surface area contributed by atoms with E-state index in [1.165, 1.54) is 0 Å². The predicted molar refractivity (Wildman–Crippen MR) is 100 cm³/mol. The fourth-order valence-corrected chi connectivity index (χ4v) is 3.89. The number of benzene rings is 1. The zero-order valence-electron chi connectivity index (χ0n) is 15.6. The first-order chi connectivity index (χ1) is 13.5. The molecule has 28 heavy (non-hydrogen) atoms.